The maximum Gasteiger partial charge on any atom is 0.459 e. The minimum atomic E-state index is -4.49. The fraction of sp³-hybridized carbons (Fsp3) is 0.464. The third-order valence-corrected chi connectivity index (χ3v) is 8.24. The van der Waals surface area contributed by atoms with E-state index in [9.17, 15) is 29.2 Å². The van der Waals surface area contributed by atoms with Gasteiger partial charge in [-0.25, -0.2) is 9.36 Å². The highest BCUT2D eigenvalue weighted by molar-refractivity contribution is 7.52. The number of nitrogens with one attached hydrogen (secondary N) is 2. The Kier molecular flexibility index (Phi) is 8.84. The Bertz CT molecular complexity index is 1670. The molecule has 1 saturated heterocycles. The van der Waals surface area contributed by atoms with Crippen LogP contribution in [-0.2, 0) is 23.4 Å². The number of aromatic nitrogens is 2. The maximum absolute atomic E-state index is 14.4. The van der Waals surface area contributed by atoms with Gasteiger partial charge in [0.2, 0.25) is 0 Å². The maximum atomic E-state index is 14.4. The lowest BCUT2D eigenvalue weighted by Crippen LogP contribution is -2.47. The second kappa shape index (κ2) is 12.9. The van der Waals surface area contributed by atoms with Crippen LogP contribution in [0.15, 0.2) is 64.3 Å². The van der Waals surface area contributed by atoms with E-state index in [2.05, 4.69) is 5.09 Å². The molecule has 228 valence electrons. The van der Waals surface area contributed by atoms with Crippen LogP contribution in [0.2, 0.25) is 0 Å². The highest BCUT2D eigenvalue weighted by atomic mass is 31.2. The van der Waals surface area contributed by atoms with E-state index in [0.717, 1.165) is 12.3 Å². The Labute approximate surface area is 244 Å². The van der Waals surface area contributed by atoms with Crippen LogP contribution >= 0.6 is 7.75 Å². The standard InChI is InChI=1S/C28H36N3O10P/c1-5-38-25(34)20(15-17(2)3)30-42(37,41-21-12-8-10-18-9-6-7-11-19(18)21)39-16-22-24(33)28(4,36)26(40-22)31-14-13-23(32)29-27(31)35/h6-14,17,20,22,24,26,33,36H,5,15-16H2,1-4H3,(H,30,37)(H,29,32,35)/t20?,22-,24-,26-,28-,42?/m1/s1/i13D,14D. The fourth-order valence-corrected chi connectivity index (χ4v) is 6.18. The summed E-state index contributed by atoms with van der Waals surface area (Å²) in [6, 6.07) is 10.3. The molecular weight excluding hydrogens is 569 g/mol. The second-order valence-corrected chi connectivity index (χ2v) is 12.2. The lowest BCUT2D eigenvalue weighted by molar-refractivity contribution is -0.145. The number of fused-ring (bicyclic) bond motifs is 1. The number of nitrogens with zero attached hydrogens (tertiary/aromatic N) is 1. The van der Waals surface area contributed by atoms with E-state index in [4.69, 9.17) is 21.3 Å². The molecule has 0 radical (unpaired) electrons. The first-order chi connectivity index (χ1) is 20.7. The lowest BCUT2D eigenvalue weighted by Gasteiger charge is -2.28. The molecule has 0 bridgehead atoms. The van der Waals surface area contributed by atoms with Crippen LogP contribution in [0.25, 0.3) is 10.8 Å². The Morgan fingerprint density at radius 3 is 2.69 bits per heavy atom. The number of carbonyl (C=O) groups is 1. The Morgan fingerprint density at radius 1 is 1.26 bits per heavy atom. The van der Waals surface area contributed by atoms with Crippen LogP contribution in [0.3, 0.4) is 0 Å². The molecule has 1 aromatic heterocycles. The largest absolute Gasteiger partial charge is 0.465 e. The van der Waals surface area contributed by atoms with Crippen molar-refractivity contribution in [2.24, 2.45) is 5.92 Å². The van der Waals surface area contributed by atoms with E-state index in [1.54, 1.807) is 31.2 Å². The number of hydrogen-bond acceptors (Lipinski definition) is 10. The van der Waals surface area contributed by atoms with Crippen molar-refractivity contribution in [3.05, 3.63) is 75.5 Å². The Balaban J connectivity index is 1.67. The predicted molar refractivity (Wildman–Crippen MR) is 153 cm³/mol. The number of aromatic amines is 1. The van der Waals surface area contributed by atoms with Gasteiger partial charge in [-0.1, -0.05) is 50.2 Å². The molecule has 13 nitrogen and oxygen atoms in total. The van der Waals surface area contributed by atoms with E-state index >= 15 is 0 Å². The van der Waals surface area contributed by atoms with Gasteiger partial charge in [0.25, 0.3) is 5.56 Å². The van der Waals surface area contributed by atoms with E-state index < -0.39 is 73.9 Å². The number of esters is 1. The number of benzene rings is 2. The minimum absolute atomic E-state index is 0.0321. The first-order valence-corrected chi connectivity index (χ1v) is 15.0. The molecule has 3 aromatic rings. The second-order valence-electron chi connectivity index (χ2n) is 10.5. The molecule has 2 heterocycles. The number of rotatable bonds is 12. The molecular formula is C28H36N3O10P. The highest BCUT2D eigenvalue weighted by Gasteiger charge is 2.54. The fourth-order valence-electron chi connectivity index (χ4n) is 4.64. The van der Waals surface area contributed by atoms with Crippen molar-refractivity contribution in [2.45, 2.75) is 64.2 Å². The van der Waals surface area contributed by atoms with Gasteiger partial charge in [-0.3, -0.25) is 23.7 Å². The molecule has 42 heavy (non-hydrogen) atoms. The van der Waals surface area contributed by atoms with Gasteiger partial charge in [0.05, 0.1) is 16.0 Å². The smallest absolute Gasteiger partial charge is 0.459 e. The quantitative estimate of drug-likeness (QED) is 0.176. The summed E-state index contributed by atoms with van der Waals surface area (Å²) in [7, 11) is -4.49. The number of ether oxygens (including phenoxy) is 2. The molecule has 1 aliphatic heterocycles. The molecule has 4 N–H and O–H groups in total. The normalized spacial score (nSPS) is 25.1. The van der Waals surface area contributed by atoms with E-state index in [1.807, 2.05) is 37.0 Å². The topological polar surface area (TPSA) is 178 Å². The number of carbonyl (C=O) groups excluding carboxylic acids is 1. The summed E-state index contributed by atoms with van der Waals surface area (Å²) >= 11 is 0. The minimum Gasteiger partial charge on any atom is -0.465 e. The van der Waals surface area contributed by atoms with E-state index in [0.29, 0.717) is 9.95 Å². The van der Waals surface area contributed by atoms with Crippen molar-refractivity contribution in [3.8, 4) is 5.75 Å². The first kappa shape index (κ1) is 28.8. The first-order valence-electron chi connectivity index (χ1n) is 14.4. The molecule has 0 aliphatic carbocycles. The highest BCUT2D eigenvalue weighted by Crippen LogP contribution is 2.48. The zero-order valence-corrected chi connectivity index (χ0v) is 24.5. The third kappa shape index (κ3) is 7.00. The average Bonchev–Trinajstić information content (AvgIpc) is 3.18. The number of aliphatic hydroxyl groups is 2. The molecule has 0 saturated carbocycles. The van der Waals surface area contributed by atoms with Gasteiger partial charge in [0.15, 0.2) is 6.23 Å². The molecule has 6 atom stereocenters. The molecule has 1 fully saturated rings. The number of H-pyrrole nitrogens is 1. The van der Waals surface area contributed by atoms with Gasteiger partial charge in [-0.15, -0.1) is 0 Å². The van der Waals surface area contributed by atoms with Gasteiger partial charge in [-0.2, -0.15) is 5.09 Å². The van der Waals surface area contributed by atoms with Crippen LogP contribution in [0.5, 0.6) is 5.75 Å². The summed E-state index contributed by atoms with van der Waals surface area (Å²) in [5.41, 5.74) is -4.48. The summed E-state index contributed by atoms with van der Waals surface area (Å²) < 4.78 is 53.3. The molecule has 1 aliphatic rings. The van der Waals surface area contributed by atoms with Crippen molar-refractivity contribution in [3.63, 3.8) is 0 Å². The molecule has 4 rings (SSSR count). The molecule has 2 aromatic carbocycles. The van der Waals surface area contributed by atoms with Crippen molar-refractivity contribution in [1.82, 2.24) is 14.6 Å². The molecule has 14 heteroatoms. The molecule has 2 unspecified atom stereocenters. The Hall–Kier alpha value is -3.32. The summed E-state index contributed by atoms with van der Waals surface area (Å²) in [4.78, 5) is 39.0. The Morgan fingerprint density at radius 2 is 1.98 bits per heavy atom. The zero-order valence-electron chi connectivity index (χ0n) is 25.6. The molecule has 0 amide bonds. The van der Waals surface area contributed by atoms with Crippen LogP contribution < -0.4 is 20.9 Å². The summed E-state index contributed by atoms with van der Waals surface area (Å²) in [5.74, 6) is -0.542. The van der Waals surface area contributed by atoms with Crippen molar-refractivity contribution in [2.75, 3.05) is 13.2 Å². The lowest BCUT2D eigenvalue weighted by atomic mass is 9.96. The predicted octanol–water partition coefficient (Wildman–Crippen LogP) is 2.47. The molecule has 0 spiro atoms. The summed E-state index contributed by atoms with van der Waals surface area (Å²) in [6.45, 7) is 5.88. The SMILES string of the molecule is [2H]c1c([2H])n([C@@H]2O[C@H](COP(=O)(NC(CC(C)C)C(=O)OCC)Oc3cccc4ccccc34)[C@@H](O)[C@@]2(C)O)c(=O)[nH]c1=O. The van der Waals surface area contributed by atoms with E-state index in [1.165, 1.54) is 0 Å². The van der Waals surface area contributed by atoms with Gasteiger partial charge in [0, 0.05) is 17.6 Å². The van der Waals surface area contributed by atoms with Crippen LogP contribution in [-0.4, -0.2) is 62.8 Å². The third-order valence-electron chi connectivity index (χ3n) is 6.69. The summed E-state index contributed by atoms with van der Waals surface area (Å²) in [5, 5.41) is 26.1. The van der Waals surface area contributed by atoms with E-state index in [-0.39, 0.29) is 24.7 Å². The summed E-state index contributed by atoms with van der Waals surface area (Å²) in [6.07, 6.45) is -5.58. The van der Waals surface area contributed by atoms with Gasteiger partial charge < -0.3 is 24.2 Å². The van der Waals surface area contributed by atoms with Gasteiger partial charge in [-0.05, 0) is 37.6 Å². The number of aliphatic hydroxyl groups excluding tert-OH is 1. The number of hydrogen-bond donors (Lipinski definition) is 4. The van der Waals surface area contributed by atoms with Crippen LogP contribution in [0.1, 0.15) is 43.1 Å². The van der Waals surface area contributed by atoms with Crippen LogP contribution in [0.4, 0.5) is 0 Å². The van der Waals surface area contributed by atoms with Gasteiger partial charge in [0.1, 0.15) is 29.6 Å². The van der Waals surface area contributed by atoms with Crippen molar-refractivity contribution < 1.29 is 40.8 Å². The van der Waals surface area contributed by atoms with Crippen LogP contribution in [0, 0.1) is 5.92 Å². The van der Waals surface area contributed by atoms with Gasteiger partial charge >= 0.3 is 19.4 Å². The zero-order chi connectivity index (χ0) is 32.4. The van der Waals surface area contributed by atoms with Crippen molar-refractivity contribution in [1.29, 1.82) is 0 Å². The average molecular weight is 608 g/mol. The monoisotopic (exact) mass is 607 g/mol. The van der Waals surface area contributed by atoms with Crippen molar-refractivity contribution >= 4 is 24.5 Å².